The number of hydrogen-bond acceptors (Lipinski definition) is 7. The summed E-state index contributed by atoms with van der Waals surface area (Å²) in [6, 6.07) is 14.4. The van der Waals surface area contributed by atoms with Gasteiger partial charge < -0.3 is 28.8 Å². The van der Waals surface area contributed by atoms with Gasteiger partial charge in [-0.15, -0.1) is 0 Å². The molecule has 0 bridgehead atoms. The van der Waals surface area contributed by atoms with Crippen LogP contribution < -0.4 is 24.3 Å². The molecule has 3 aromatic rings. The maximum Gasteiger partial charge on any atom is 0.265 e. The second-order valence-electron chi connectivity index (χ2n) is 6.33. The van der Waals surface area contributed by atoms with E-state index in [9.17, 15) is 4.79 Å². The normalized spacial score (nSPS) is 14.9. The van der Waals surface area contributed by atoms with Gasteiger partial charge in [-0.05, 0) is 30.3 Å². The Bertz CT molecular complexity index is 1020. The van der Waals surface area contributed by atoms with Crippen LogP contribution in [0.5, 0.6) is 23.0 Å². The molecule has 1 aromatic heterocycles. The fourth-order valence-corrected chi connectivity index (χ4v) is 2.96. The summed E-state index contributed by atoms with van der Waals surface area (Å²) in [5.41, 5.74) is 1.37. The molecule has 0 radical (unpaired) electrons. The van der Waals surface area contributed by atoms with Crippen molar-refractivity contribution in [3.8, 4) is 34.3 Å². The first-order valence-electron chi connectivity index (χ1n) is 9.02. The zero-order chi connectivity index (χ0) is 20.2. The molecule has 0 fully saturated rings. The van der Waals surface area contributed by atoms with Gasteiger partial charge in [0.2, 0.25) is 6.10 Å². The van der Waals surface area contributed by atoms with Crippen LogP contribution in [0.3, 0.4) is 0 Å². The first kappa shape index (κ1) is 18.7. The molecule has 1 aliphatic heterocycles. The number of para-hydroxylation sites is 2. The number of rotatable bonds is 6. The molecule has 8 nitrogen and oxygen atoms in total. The predicted octanol–water partition coefficient (Wildman–Crippen LogP) is 2.82. The lowest BCUT2D eigenvalue weighted by Crippen LogP contribution is -2.43. The van der Waals surface area contributed by atoms with E-state index in [1.54, 1.807) is 44.6 Å². The summed E-state index contributed by atoms with van der Waals surface area (Å²) in [6.45, 7) is 0.357. The van der Waals surface area contributed by atoms with Gasteiger partial charge in [0.1, 0.15) is 12.3 Å². The average molecular weight is 396 g/mol. The van der Waals surface area contributed by atoms with Crippen molar-refractivity contribution < 1.29 is 28.3 Å². The van der Waals surface area contributed by atoms with Crippen molar-refractivity contribution in [1.29, 1.82) is 0 Å². The van der Waals surface area contributed by atoms with Crippen LogP contribution >= 0.6 is 0 Å². The fraction of sp³-hybridized carbons (Fsp3) is 0.238. The monoisotopic (exact) mass is 396 g/mol. The van der Waals surface area contributed by atoms with Gasteiger partial charge in [0.15, 0.2) is 28.8 Å². The summed E-state index contributed by atoms with van der Waals surface area (Å²) < 4.78 is 27.2. The minimum absolute atomic E-state index is 0.151. The highest BCUT2D eigenvalue weighted by Crippen LogP contribution is 2.33. The average Bonchev–Trinajstić information content (AvgIpc) is 3.25. The van der Waals surface area contributed by atoms with Crippen molar-refractivity contribution >= 4 is 5.91 Å². The largest absolute Gasteiger partial charge is 0.493 e. The van der Waals surface area contributed by atoms with Crippen LogP contribution in [-0.2, 0) is 11.3 Å². The van der Waals surface area contributed by atoms with Gasteiger partial charge in [0.05, 0.1) is 20.8 Å². The van der Waals surface area contributed by atoms with Crippen molar-refractivity contribution in [2.45, 2.75) is 12.6 Å². The molecule has 2 aromatic carbocycles. The Morgan fingerprint density at radius 1 is 1.10 bits per heavy atom. The predicted molar refractivity (Wildman–Crippen MR) is 103 cm³/mol. The minimum atomic E-state index is -0.720. The third kappa shape index (κ3) is 3.96. The molecule has 1 aliphatic rings. The van der Waals surface area contributed by atoms with Crippen LogP contribution in [0.2, 0.25) is 0 Å². The first-order valence-corrected chi connectivity index (χ1v) is 9.02. The number of carbonyl (C=O) groups excluding carboxylic acids is 1. The zero-order valence-electron chi connectivity index (χ0n) is 16.0. The van der Waals surface area contributed by atoms with Crippen molar-refractivity contribution in [2.75, 3.05) is 20.8 Å². The number of nitrogens with zero attached hydrogens (tertiary/aromatic N) is 1. The number of aromatic nitrogens is 1. The molecular formula is C21H20N2O6. The molecule has 0 saturated carbocycles. The molecule has 0 saturated heterocycles. The van der Waals surface area contributed by atoms with Crippen molar-refractivity contribution in [1.82, 2.24) is 10.5 Å². The van der Waals surface area contributed by atoms with E-state index in [2.05, 4.69) is 10.5 Å². The maximum absolute atomic E-state index is 12.4. The molecular weight excluding hydrogens is 376 g/mol. The number of benzene rings is 2. The summed E-state index contributed by atoms with van der Waals surface area (Å²) in [6.07, 6.45) is -0.720. The molecule has 150 valence electrons. The van der Waals surface area contributed by atoms with E-state index in [4.69, 9.17) is 23.5 Å². The molecule has 0 aliphatic carbocycles. The first-order chi connectivity index (χ1) is 14.2. The topological polar surface area (TPSA) is 92.1 Å². The molecule has 1 atom stereocenters. The van der Waals surface area contributed by atoms with Gasteiger partial charge in [0, 0.05) is 11.6 Å². The summed E-state index contributed by atoms with van der Waals surface area (Å²) in [5, 5.41) is 6.80. The lowest BCUT2D eigenvalue weighted by Gasteiger charge is -2.25. The smallest absolute Gasteiger partial charge is 0.265 e. The summed E-state index contributed by atoms with van der Waals surface area (Å²) in [4.78, 5) is 12.4. The summed E-state index contributed by atoms with van der Waals surface area (Å²) >= 11 is 0. The number of nitrogens with one attached hydrogen (secondary N) is 1. The third-order valence-electron chi connectivity index (χ3n) is 4.47. The van der Waals surface area contributed by atoms with E-state index >= 15 is 0 Å². The lowest BCUT2D eigenvalue weighted by atomic mass is 10.1. The number of hydrogen-bond donors (Lipinski definition) is 1. The van der Waals surface area contributed by atoms with Crippen LogP contribution in [-0.4, -0.2) is 38.0 Å². The highest BCUT2D eigenvalue weighted by Gasteiger charge is 2.27. The van der Waals surface area contributed by atoms with Gasteiger partial charge >= 0.3 is 0 Å². The molecule has 1 unspecified atom stereocenters. The molecule has 2 heterocycles. The highest BCUT2D eigenvalue weighted by atomic mass is 16.6. The van der Waals surface area contributed by atoms with Gasteiger partial charge in [0.25, 0.3) is 5.91 Å². The molecule has 8 heteroatoms. The van der Waals surface area contributed by atoms with Gasteiger partial charge in [-0.2, -0.15) is 0 Å². The molecule has 29 heavy (non-hydrogen) atoms. The molecule has 0 spiro atoms. The maximum atomic E-state index is 12.4. The number of methoxy groups -OCH3 is 2. The van der Waals surface area contributed by atoms with E-state index in [-0.39, 0.29) is 19.1 Å². The SMILES string of the molecule is COc1ccc(-c2cc(CNC(=O)C3COc4ccccc4O3)no2)cc1OC. The zero-order valence-corrected chi connectivity index (χ0v) is 16.0. The van der Waals surface area contributed by atoms with E-state index in [1.165, 1.54) is 0 Å². The van der Waals surface area contributed by atoms with Gasteiger partial charge in [-0.1, -0.05) is 17.3 Å². The van der Waals surface area contributed by atoms with Gasteiger partial charge in [-0.25, -0.2) is 0 Å². The van der Waals surface area contributed by atoms with Crippen LogP contribution in [0.4, 0.5) is 0 Å². The molecule has 4 rings (SSSR count). The Labute approximate surface area is 167 Å². The molecule has 1 amide bonds. The standard InChI is InChI=1S/C21H20N2O6/c1-25-15-8-7-13(9-19(15)26-2)18-10-14(23-29-18)11-22-21(24)20-12-27-16-5-3-4-6-17(16)28-20/h3-10,20H,11-12H2,1-2H3,(H,22,24). The number of carbonyl (C=O) groups is 1. The second-order valence-corrected chi connectivity index (χ2v) is 6.33. The molecule has 1 N–H and O–H groups in total. The Hall–Kier alpha value is -3.68. The van der Waals surface area contributed by atoms with E-state index in [0.717, 1.165) is 5.56 Å². The lowest BCUT2D eigenvalue weighted by molar-refractivity contribution is -0.130. The second kappa shape index (κ2) is 8.14. The van der Waals surface area contributed by atoms with Crippen LogP contribution in [0, 0.1) is 0 Å². The highest BCUT2D eigenvalue weighted by molar-refractivity contribution is 5.81. The van der Waals surface area contributed by atoms with Crippen LogP contribution in [0.15, 0.2) is 53.1 Å². The van der Waals surface area contributed by atoms with Crippen LogP contribution in [0.1, 0.15) is 5.69 Å². The van der Waals surface area contributed by atoms with E-state index in [1.807, 2.05) is 18.2 Å². The van der Waals surface area contributed by atoms with Gasteiger partial charge in [-0.3, -0.25) is 4.79 Å². The Kier molecular flexibility index (Phi) is 5.24. The Balaban J connectivity index is 1.38. The van der Waals surface area contributed by atoms with Crippen LogP contribution in [0.25, 0.3) is 11.3 Å². The summed E-state index contributed by atoms with van der Waals surface area (Å²) in [7, 11) is 3.14. The Morgan fingerprint density at radius 2 is 1.90 bits per heavy atom. The summed E-state index contributed by atoms with van der Waals surface area (Å²) in [5.74, 6) is 2.67. The van der Waals surface area contributed by atoms with E-state index in [0.29, 0.717) is 34.5 Å². The number of amides is 1. The number of fused-ring (bicyclic) bond motifs is 1. The van der Waals surface area contributed by atoms with E-state index < -0.39 is 6.10 Å². The van der Waals surface area contributed by atoms with Crippen molar-refractivity contribution in [2.24, 2.45) is 0 Å². The number of ether oxygens (including phenoxy) is 4. The minimum Gasteiger partial charge on any atom is -0.493 e. The quantitative estimate of drug-likeness (QED) is 0.685. The third-order valence-corrected chi connectivity index (χ3v) is 4.47. The fourth-order valence-electron chi connectivity index (χ4n) is 2.96. The van der Waals surface area contributed by atoms with Crippen molar-refractivity contribution in [3.63, 3.8) is 0 Å². The van der Waals surface area contributed by atoms with Crippen molar-refractivity contribution in [3.05, 3.63) is 54.2 Å². The Morgan fingerprint density at radius 3 is 2.69 bits per heavy atom.